The molecule has 0 radical (unpaired) electrons. The van der Waals surface area contributed by atoms with Crippen LogP contribution in [-0.4, -0.2) is 36.6 Å². The van der Waals surface area contributed by atoms with Gasteiger partial charge in [-0.1, -0.05) is 12.1 Å². The molecule has 3 N–H and O–H groups in total. The van der Waals surface area contributed by atoms with E-state index >= 15 is 0 Å². The maximum Gasteiger partial charge on any atom is 0.306 e. The van der Waals surface area contributed by atoms with Crippen LogP contribution in [0, 0.1) is 6.92 Å². The summed E-state index contributed by atoms with van der Waals surface area (Å²) in [6.45, 7) is 1.70. The number of thiocarbonyl (C=S) groups is 1. The van der Waals surface area contributed by atoms with Crippen molar-refractivity contribution in [2.75, 3.05) is 13.7 Å². The molecule has 0 aliphatic carbocycles. The molecule has 24 heavy (non-hydrogen) atoms. The van der Waals surface area contributed by atoms with Crippen LogP contribution in [0.1, 0.15) is 18.4 Å². The molecule has 1 rings (SSSR count). The van der Waals surface area contributed by atoms with Crippen molar-refractivity contribution in [3.8, 4) is 5.75 Å². The summed E-state index contributed by atoms with van der Waals surface area (Å²) in [5.41, 5.74) is 5.67. The van der Waals surface area contributed by atoms with Gasteiger partial charge >= 0.3 is 5.97 Å². The topological polar surface area (TPSA) is 106 Å². The van der Waals surface area contributed by atoms with E-state index in [0.717, 1.165) is 5.56 Å². The van der Waals surface area contributed by atoms with Crippen LogP contribution >= 0.6 is 12.2 Å². The minimum atomic E-state index is -0.495. The molecular weight excluding hydrogens is 334 g/mol. The molecule has 0 saturated heterocycles. The minimum absolute atomic E-state index is 0.0539. The molecule has 0 aliphatic rings. The molecule has 130 valence electrons. The second-order valence-electron chi connectivity index (χ2n) is 4.73. The number of rotatable bonds is 6. The van der Waals surface area contributed by atoms with Gasteiger partial charge < -0.3 is 14.8 Å². The van der Waals surface area contributed by atoms with Gasteiger partial charge in [-0.25, -0.2) is 0 Å². The zero-order chi connectivity index (χ0) is 17.9. The summed E-state index contributed by atoms with van der Waals surface area (Å²) < 4.78 is 9.72. The Labute approximate surface area is 144 Å². The van der Waals surface area contributed by atoms with Crippen LogP contribution in [0.2, 0.25) is 0 Å². The highest BCUT2D eigenvalue weighted by Crippen LogP contribution is 2.11. The third kappa shape index (κ3) is 8.08. The van der Waals surface area contributed by atoms with Crippen LogP contribution in [0.5, 0.6) is 5.75 Å². The number of aryl methyl sites for hydroxylation is 1. The number of nitrogens with one attached hydrogen (secondary N) is 3. The second kappa shape index (κ2) is 10.2. The van der Waals surface area contributed by atoms with Gasteiger partial charge in [-0.15, -0.1) is 0 Å². The van der Waals surface area contributed by atoms with Crippen LogP contribution in [0.25, 0.3) is 0 Å². The Morgan fingerprint density at radius 1 is 1.12 bits per heavy atom. The molecule has 2 amide bonds. The number of esters is 1. The number of benzene rings is 1. The van der Waals surface area contributed by atoms with E-state index < -0.39 is 17.8 Å². The summed E-state index contributed by atoms with van der Waals surface area (Å²) in [7, 11) is 1.24. The second-order valence-corrected chi connectivity index (χ2v) is 5.14. The van der Waals surface area contributed by atoms with E-state index in [0.29, 0.717) is 5.75 Å². The molecule has 0 aliphatic heterocycles. The standard InChI is InChI=1S/C15H19N3O5S/c1-10-4-3-5-11(8-10)23-9-13(20)17-18-15(24)16-12(19)6-7-14(21)22-2/h3-5,8H,6-7,9H2,1-2H3,(H,17,20)(H2,16,18,19,24). The molecule has 1 aromatic carbocycles. The minimum Gasteiger partial charge on any atom is -0.484 e. The summed E-state index contributed by atoms with van der Waals surface area (Å²) >= 11 is 4.84. The Morgan fingerprint density at radius 3 is 2.54 bits per heavy atom. The number of ether oxygens (including phenoxy) is 2. The van der Waals surface area contributed by atoms with Gasteiger partial charge in [0.25, 0.3) is 5.91 Å². The third-order valence-corrected chi connectivity index (χ3v) is 2.92. The summed E-state index contributed by atoms with van der Waals surface area (Å²) in [4.78, 5) is 34.0. The Morgan fingerprint density at radius 2 is 1.88 bits per heavy atom. The molecule has 0 atom stereocenters. The van der Waals surface area contributed by atoms with Gasteiger partial charge in [-0.2, -0.15) is 0 Å². The van der Waals surface area contributed by atoms with Crippen LogP contribution in [0.15, 0.2) is 24.3 Å². The molecule has 1 aromatic rings. The van der Waals surface area contributed by atoms with E-state index in [1.807, 2.05) is 19.1 Å². The molecule has 0 saturated carbocycles. The first-order chi connectivity index (χ1) is 11.4. The van der Waals surface area contributed by atoms with Crippen molar-refractivity contribution in [3.63, 3.8) is 0 Å². The first kappa shape index (κ1) is 19.4. The Hall–Kier alpha value is -2.68. The van der Waals surface area contributed by atoms with Crippen molar-refractivity contribution in [2.45, 2.75) is 19.8 Å². The third-order valence-electron chi connectivity index (χ3n) is 2.71. The average molecular weight is 353 g/mol. The fourth-order valence-corrected chi connectivity index (χ4v) is 1.72. The highest BCUT2D eigenvalue weighted by Gasteiger charge is 2.09. The number of methoxy groups -OCH3 is 1. The maximum absolute atomic E-state index is 11.6. The first-order valence-corrected chi connectivity index (χ1v) is 7.46. The van der Waals surface area contributed by atoms with Crippen molar-refractivity contribution in [1.29, 1.82) is 0 Å². The van der Waals surface area contributed by atoms with E-state index in [2.05, 4.69) is 20.9 Å². The van der Waals surface area contributed by atoms with Crippen molar-refractivity contribution in [1.82, 2.24) is 16.2 Å². The van der Waals surface area contributed by atoms with E-state index in [1.54, 1.807) is 12.1 Å². The van der Waals surface area contributed by atoms with Crippen molar-refractivity contribution < 1.29 is 23.9 Å². The Bertz CT molecular complexity index is 621. The van der Waals surface area contributed by atoms with Gasteiger partial charge in [-0.3, -0.25) is 25.2 Å². The number of carbonyl (C=O) groups is 3. The molecule has 0 fully saturated rings. The van der Waals surface area contributed by atoms with Gasteiger partial charge in [0.15, 0.2) is 11.7 Å². The normalized spacial score (nSPS) is 9.58. The van der Waals surface area contributed by atoms with Crippen LogP contribution < -0.4 is 20.9 Å². The lowest BCUT2D eigenvalue weighted by Crippen LogP contribution is -2.49. The smallest absolute Gasteiger partial charge is 0.306 e. The molecule has 9 heteroatoms. The lowest BCUT2D eigenvalue weighted by Gasteiger charge is -2.11. The number of amides is 2. The van der Waals surface area contributed by atoms with E-state index in [9.17, 15) is 14.4 Å². The summed E-state index contributed by atoms with van der Waals surface area (Å²) in [5.74, 6) is -0.861. The quantitative estimate of drug-likeness (QED) is 0.385. The van der Waals surface area contributed by atoms with Crippen molar-refractivity contribution in [2.24, 2.45) is 0 Å². The van der Waals surface area contributed by atoms with Crippen LogP contribution in [-0.2, 0) is 19.1 Å². The Balaban J connectivity index is 2.22. The number of hydrogen-bond donors (Lipinski definition) is 3. The fraction of sp³-hybridized carbons (Fsp3) is 0.333. The number of carbonyl (C=O) groups excluding carboxylic acids is 3. The molecule has 0 spiro atoms. The number of hydrogen-bond acceptors (Lipinski definition) is 6. The molecule has 0 bridgehead atoms. The SMILES string of the molecule is COC(=O)CCC(=O)NC(=S)NNC(=O)COc1cccc(C)c1. The predicted octanol–water partition coefficient (Wildman–Crippen LogP) is 0.349. The molecule has 0 aromatic heterocycles. The molecule has 0 heterocycles. The lowest BCUT2D eigenvalue weighted by atomic mass is 10.2. The van der Waals surface area contributed by atoms with Gasteiger partial charge in [-0.05, 0) is 36.8 Å². The van der Waals surface area contributed by atoms with Crippen LogP contribution in [0.3, 0.4) is 0 Å². The van der Waals surface area contributed by atoms with Crippen LogP contribution in [0.4, 0.5) is 0 Å². The predicted molar refractivity (Wildman–Crippen MR) is 89.9 cm³/mol. The van der Waals surface area contributed by atoms with Crippen molar-refractivity contribution >= 4 is 35.1 Å². The van der Waals surface area contributed by atoms with Gasteiger partial charge in [0.05, 0.1) is 13.5 Å². The monoisotopic (exact) mass is 353 g/mol. The van der Waals surface area contributed by atoms with E-state index in [4.69, 9.17) is 17.0 Å². The molecular formula is C15H19N3O5S. The average Bonchev–Trinajstić information content (AvgIpc) is 2.56. The fourth-order valence-electron chi connectivity index (χ4n) is 1.55. The lowest BCUT2D eigenvalue weighted by molar-refractivity contribution is -0.142. The van der Waals surface area contributed by atoms with Gasteiger partial charge in [0.2, 0.25) is 5.91 Å². The molecule has 8 nitrogen and oxygen atoms in total. The van der Waals surface area contributed by atoms with Crippen molar-refractivity contribution in [3.05, 3.63) is 29.8 Å². The zero-order valence-electron chi connectivity index (χ0n) is 13.4. The molecule has 0 unspecified atom stereocenters. The first-order valence-electron chi connectivity index (χ1n) is 7.05. The number of hydrazine groups is 1. The highest BCUT2D eigenvalue weighted by atomic mass is 32.1. The van der Waals surface area contributed by atoms with Gasteiger partial charge in [0, 0.05) is 6.42 Å². The zero-order valence-corrected chi connectivity index (χ0v) is 14.2. The summed E-state index contributed by atoms with van der Waals surface area (Å²) in [6, 6.07) is 7.27. The maximum atomic E-state index is 11.6. The van der Waals surface area contributed by atoms with Gasteiger partial charge in [0.1, 0.15) is 5.75 Å². The van der Waals surface area contributed by atoms with E-state index in [1.165, 1.54) is 7.11 Å². The highest BCUT2D eigenvalue weighted by molar-refractivity contribution is 7.80. The summed E-state index contributed by atoms with van der Waals surface area (Å²) in [5, 5.41) is 2.22. The largest absolute Gasteiger partial charge is 0.484 e. The summed E-state index contributed by atoms with van der Waals surface area (Å²) in [6.07, 6.45) is -0.124. The van der Waals surface area contributed by atoms with E-state index in [-0.39, 0.29) is 24.6 Å². The Kier molecular flexibility index (Phi) is 8.20.